The molecule has 0 radical (unpaired) electrons. The van der Waals surface area contributed by atoms with Crippen LogP contribution in [-0.2, 0) is 4.74 Å². The summed E-state index contributed by atoms with van der Waals surface area (Å²) in [5.41, 5.74) is 0. The molecule has 4 nitrogen and oxygen atoms in total. The molecule has 0 saturated carbocycles. The first-order chi connectivity index (χ1) is 6.38. The number of ether oxygens (including phenoxy) is 1. The topological polar surface area (TPSA) is 52.9 Å². The van der Waals surface area contributed by atoms with Crippen LogP contribution in [0.5, 0.6) is 0 Å². The minimum Gasteiger partial charge on any atom is -0.389 e. The Kier molecular flexibility index (Phi) is 3.41. The average Bonchev–Trinajstić information content (AvgIpc) is 2.39. The average molecular weight is 211 g/mol. The van der Waals surface area contributed by atoms with Gasteiger partial charge >= 0.3 is 0 Å². The number of hydrogen-bond acceptors (Lipinski definition) is 4. The quantitative estimate of drug-likeness (QED) is 0.670. The number of halogens is 2. The summed E-state index contributed by atoms with van der Waals surface area (Å²) in [4.78, 5) is 1.11. The monoisotopic (exact) mass is 211 g/mol. The van der Waals surface area contributed by atoms with Crippen LogP contribution in [-0.4, -0.2) is 59.7 Å². The number of hydrogen-bond donors (Lipinski definition) is 2. The lowest BCUT2D eigenvalue weighted by Crippen LogP contribution is -2.42. The van der Waals surface area contributed by atoms with E-state index < -0.39 is 30.9 Å². The number of likely N-dealkylation sites (tertiary alicyclic amines) is 1. The number of aliphatic hydroxyl groups is 2. The lowest BCUT2D eigenvalue weighted by atomic mass is 10.2. The van der Waals surface area contributed by atoms with E-state index in [0.29, 0.717) is 0 Å². The molecular weight excluding hydrogens is 196 g/mol. The number of nitrogens with zero attached hydrogens (tertiary/aromatic N) is 1. The van der Waals surface area contributed by atoms with Crippen molar-refractivity contribution in [3.05, 3.63) is 0 Å². The zero-order chi connectivity index (χ0) is 10.9. The molecule has 1 saturated heterocycles. The molecule has 1 rings (SSSR count). The second-order valence-corrected chi connectivity index (χ2v) is 3.57. The molecule has 2 unspecified atom stereocenters. The van der Waals surface area contributed by atoms with Crippen molar-refractivity contribution in [3.8, 4) is 0 Å². The van der Waals surface area contributed by atoms with Crippen molar-refractivity contribution >= 4 is 0 Å². The Morgan fingerprint density at radius 1 is 1.50 bits per heavy atom. The van der Waals surface area contributed by atoms with Crippen LogP contribution in [0.2, 0.25) is 0 Å². The van der Waals surface area contributed by atoms with Gasteiger partial charge in [0.1, 0.15) is 12.3 Å². The van der Waals surface area contributed by atoms with Crippen LogP contribution in [0.25, 0.3) is 0 Å². The molecule has 0 spiro atoms. The molecule has 0 bridgehead atoms. The fourth-order valence-electron chi connectivity index (χ4n) is 1.54. The molecule has 6 heteroatoms. The summed E-state index contributed by atoms with van der Waals surface area (Å²) < 4.78 is 30.8. The molecular formula is C8H15F2NO3. The van der Waals surface area contributed by atoms with Crippen molar-refractivity contribution in [2.24, 2.45) is 0 Å². The highest BCUT2D eigenvalue weighted by Gasteiger charge is 2.50. The molecule has 0 aromatic rings. The molecule has 0 aromatic carbocycles. The fourth-order valence-corrected chi connectivity index (χ4v) is 1.54. The zero-order valence-electron chi connectivity index (χ0n) is 8.15. The van der Waals surface area contributed by atoms with Gasteiger partial charge in [-0.1, -0.05) is 0 Å². The van der Waals surface area contributed by atoms with Crippen LogP contribution in [0.4, 0.5) is 8.78 Å². The second-order valence-electron chi connectivity index (χ2n) is 3.57. The molecule has 14 heavy (non-hydrogen) atoms. The molecule has 2 N–H and O–H groups in total. The molecule has 1 heterocycles. The smallest absolute Gasteiger partial charge is 0.287 e. The van der Waals surface area contributed by atoms with E-state index in [2.05, 4.69) is 4.74 Å². The molecule has 0 aliphatic carbocycles. The Morgan fingerprint density at radius 3 is 2.43 bits per heavy atom. The SMILES string of the molecule is COC1CN(C(O)[C@H](C)O)CC1(F)F. The Morgan fingerprint density at radius 2 is 2.07 bits per heavy atom. The maximum absolute atomic E-state index is 13.1. The van der Waals surface area contributed by atoms with Crippen LogP contribution in [0.1, 0.15) is 6.92 Å². The van der Waals surface area contributed by atoms with E-state index in [4.69, 9.17) is 5.11 Å². The highest BCUT2D eigenvalue weighted by atomic mass is 19.3. The largest absolute Gasteiger partial charge is 0.389 e. The minimum atomic E-state index is -2.97. The lowest BCUT2D eigenvalue weighted by molar-refractivity contribution is -0.0974. The van der Waals surface area contributed by atoms with Crippen LogP contribution in [0.15, 0.2) is 0 Å². The summed E-state index contributed by atoms with van der Waals surface area (Å²) in [6.45, 7) is 0.691. The van der Waals surface area contributed by atoms with Crippen molar-refractivity contribution < 1.29 is 23.7 Å². The predicted molar refractivity (Wildman–Crippen MR) is 45.0 cm³/mol. The maximum Gasteiger partial charge on any atom is 0.287 e. The van der Waals surface area contributed by atoms with Crippen LogP contribution >= 0.6 is 0 Å². The Labute approximate surface area is 81.1 Å². The van der Waals surface area contributed by atoms with Gasteiger partial charge in [-0.3, -0.25) is 4.90 Å². The summed E-state index contributed by atoms with van der Waals surface area (Å²) in [5.74, 6) is -2.97. The van der Waals surface area contributed by atoms with E-state index in [1.807, 2.05) is 0 Å². The third kappa shape index (κ3) is 2.20. The van der Waals surface area contributed by atoms with Crippen molar-refractivity contribution in [1.29, 1.82) is 0 Å². The highest BCUT2D eigenvalue weighted by molar-refractivity contribution is 4.92. The van der Waals surface area contributed by atoms with Gasteiger partial charge in [0.2, 0.25) is 0 Å². The molecule has 84 valence electrons. The van der Waals surface area contributed by atoms with Crippen molar-refractivity contribution in [2.75, 3.05) is 20.2 Å². The zero-order valence-corrected chi connectivity index (χ0v) is 8.15. The number of alkyl halides is 2. The van der Waals surface area contributed by atoms with Gasteiger partial charge in [-0.2, -0.15) is 0 Å². The summed E-state index contributed by atoms with van der Waals surface area (Å²) in [6, 6.07) is 0. The van der Waals surface area contributed by atoms with E-state index in [1.54, 1.807) is 0 Å². The summed E-state index contributed by atoms with van der Waals surface area (Å²) in [5, 5.41) is 18.4. The van der Waals surface area contributed by atoms with Gasteiger partial charge in [-0.25, -0.2) is 8.78 Å². The van der Waals surface area contributed by atoms with Crippen LogP contribution in [0.3, 0.4) is 0 Å². The van der Waals surface area contributed by atoms with Crippen molar-refractivity contribution in [2.45, 2.75) is 31.3 Å². The number of methoxy groups -OCH3 is 1. The van der Waals surface area contributed by atoms with E-state index in [0.717, 1.165) is 4.90 Å². The van der Waals surface area contributed by atoms with Crippen molar-refractivity contribution in [3.63, 3.8) is 0 Å². The first kappa shape index (κ1) is 11.8. The van der Waals surface area contributed by atoms with E-state index in [-0.39, 0.29) is 6.54 Å². The van der Waals surface area contributed by atoms with Gasteiger partial charge in [0.15, 0.2) is 0 Å². The van der Waals surface area contributed by atoms with Gasteiger partial charge in [-0.05, 0) is 6.92 Å². The Hall–Kier alpha value is -0.300. The first-order valence-corrected chi connectivity index (χ1v) is 4.39. The van der Waals surface area contributed by atoms with Gasteiger partial charge in [0.05, 0.1) is 12.6 Å². The molecule has 1 aliphatic rings. The Balaban J connectivity index is 2.62. The first-order valence-electron chi connectivity index (χ1n) is 4.39. The molecule has 0 aromatic heterocycles. The summed E-state index contributed by atoms with van der Waals surface area (Å²) >= 11 is 0. The van der Waals surface area contributed by atoms with Gasteiger partial charge < -0.3 is 14.9 Å². The van der Waals surface area contributed by atoms with Crippen molar-refractivity contribution in [1.82, 2.24) is 4.90 Å². The third-order valence-electron chi connectivity index (χ3n) is 2.38. The number of rotatable bonds is 3. The molecule has 1 aliphatic heterocycles. The fraction of sp³-hybridized carbons (Fsp3) is 1.00. The van der Waals surface area contributed by atoms with Gasteiger partial charge in [0.25, 0.3) is 5.92 Å². The second kappa shape index (κ2) is 4.06. The lowest BCUT2D eigenvalue weighted by Gasteiger charge is -2.24. The van der Waals surface area contributed by atoms with E-state index >= 15 is 0 Å². The predicted octanol–water partition coefficient (Wildman–Crippen LogP) is -0.348. The standard InChI is InChI=1S/C8H15F2NO3/c1-5(12)7(13)11-3-6(14-2)8(9,10)4-11/h5-7,12-13H,3-4H2,1-2H3/t5-,6?,7?/m0/s1. The van der Waals surface area contributed by atoms with Crippen LogP contribution in [0, 0.1) is 0 Å². The van der Waals surface area contributed by atoms with E-state index in [9.17, 15) is 13.9 Å². The molecule has 3 atom stereocenters. The summed E-state index contributed by atoms with van der Waals surface area (Å²) in [6.07, 6.45) is -3.53. The van der Waals surface area contributed by atoms with Crippen LogP contribution < -0.4 is 0 Å². The van der Waals surface area contributed by atoms with E-state index in [1.165, 1.54) is 14.0 Å². The maximum atomic E-state index is 13.1. The number of aliphatic hydroxyl groups excluding tert-OH is 2. The van der Waals surface area contributed by atoms with Gasteiger partial charge in [0, 0.05) is 13.7 Å². The molecule has 0 amide bonds. The normalized spacial score (nSPS) is 31.7. The molecule has 1 fully saturated rings. The minimum absolute atomic E-state index is 0.0738. The Bertz CT molecular complexity index is 201. The summed E-state index contributed by atoms with van der Waals surface area (Å²) in [7, 11) is 1.21. The van der Waals surface area contributed by atoms with Gasteiger partial charge in [-0.15, -0.1) is 0 Å². The third-order valence-corrected chi connectivity index (χ3v) is 2.38. The highest BCUT2D eigenvalue weighted by Crippen LogP contribution is 2.30.